The number of rotatable bonds is 12. The predicted molar refractivity (Wildman–Crippen MR) is 246 cm³/mol. The molecule has 2 aromatic carbocycles. The Hall–Kier alpha value is -5.29. The molecule has 8 atom stereocenters. The number of benzene rings is 2. The van der Waals surface area contributed by atoms with Gasteiger partial charge in [-0.3, -0.25) is 19.5 Å². The highest BCUT2D eigenvalue weighted by Crippen LogP contribution is 2.47. The lowest BCUT2D eigenvalue weighted by atomic mass is 9.84. The van der Waals surface area contributed by atoms with Crippen molar-refractivity contribution in [3.63, 3.8) is 0 Å². The number of aldehydes is 1. The van der Waals surface area contributed by atoms with Gasteiger partial charge in [0.05, 0.1) is 51.1 Å². The zero-order valence-corrected chi connectivity index (χ0v) is 39.3. The molecule has 3 aromatic rings. The SMILES string of the molecule is CCCC=O.COC(=O)NC(C(=O)N1C2CCCC2C[C@H]1N(C)N1C=C1c1ccc2c(c1)Cc1ccc(-c3cnc(C4CC5CCCC5N4C)[nH]3)cc1C2)C(C)OC.CONC(=O)OC. The number of fused-ring (bicyclic) bond motifs is 4. The highest BCUT2D eigenvalue weighted by atomic mass is 16.7. The van der Waals surface area contributed by atoms with Crippen molar-refractivity contribution in [2.45, 2.75) is 127 Å². The standard InChI is InChI=1S/C42H53N7O4.C4H8O.C3H7NO3/c1-24(52-4)39(45-42(51)53-5)41(50)49-35-11-7-9-29(35)21-38(49)47(3)48-23-37(48)30-15-13-26-16-31-18-27(14-12-25(31)17-32(26)19-30)33-22-43-40(44-33)36-20-28-8-6-10-34(28)46(36)2;1-2-3-4-5;1-6-3(5)4-7-2/h12-15,18-19,22-24,28-29,34-36,38-39H,6-11,16-17,20-21H2,1-5H3,(H,43,44)(H,45,51);4H,2-3H2,1H3;1-2H3,(H,4,5)/t24?,28?,29?,34?,35?,36?,38-,39?,48?;;/m0../s1. The molecule has 3 amide bonds. The van der Waals surface area contributed by atoms with Crippen LogP contribution in [-0.2, 0) is 41.5 Å². The molecule has 0 spiro atoms. The van der Waals surface area contributed by atoms with E-state index in [4.69, 9.17) is 14.5 Å². The van der Waals surface area contributed by atoms with Gasteiger partial charge in [-0.25, -0.2) is 14.6 Å². The number of hydrogen-bond donors (Lipinski definition) is 3. The van der Waals surface area contributed by atoms with Crippen molar-refractivity contribution < 1.29 is 38.2 Å². The zero-order valence-electron chi connectivity index (χ0n) is 39.3. The molecule has 65 heavy (non-hydrogen) atoms. The summed E-state index contributed by atoms with van der Waals surface area (Å²) in [5.74, 6) is 2.25. The summed E-state index contributed by atoms with van der Waals surface area (Å²) < 4.78 is 14.5. The Kier molecular flexibility index (Phi) is 15.7. The van der Waals surface area contributed by atoms with Crippen molar-refractivity contribution in [2.75, 3.05) is 42.5 Å². The maximum absolute atomic E-state index is 14.2. The molecule has 16 heteroatoms. The molecule has 2 saturated carbocycles. The highest BCUT2D eigenvalue weighted by Gasteiger charge is 2.51. The normalized spacial score (nSPS) is 24.5. The fraction of sp³-hybridized carbons (Fsp3) is 0.571. The van der Waals surface area contributed by atoms with Gasteiger partial charge in [-0.2, -0.15) is 10.5 Å². The average molecular weight is 897 g/mol. The molecule has 3 N–H and O–H groups in total. The average Bonchev–Trinajstić information content (AvgIpc) is 3.85. The lowest BCUT2D eigenvalue weighted by molar-refractivity contribution is -0.146. The molecule has 6 aliphatic rings. The number of aromatic nitrogens is 2. The van der Waals surface area contributed by atoms with Crippen molar-refractivity contribution >= 4 is 30.1 Å². The number of H-pyrrole nitrogens is 1. The number of aromatic amines is 1. The van der Waals surface area contributed by atoms with Crippen molar-refractivity contribution in [3.8, 4) is 11.3 Å². The molecule has 2 saturated heterocycles. The first-order valence-electron chi connectivity index (χ1n) is 23.2. The number of imidazole rings is 1. The number of ether oxygens (including phenoxy) is 3. The lowest BCUT2D eigenvalue weighted by Gasteiger charge is -2.39. The van der Waals surface area contributed by atoms with Crippen LogP contribution in [0.2, 0.25) is 0 Å². The zero-order chi connectivity index (χ0) is 46.4. The summed E-state index contributed by atoms with van der Waals surface area (Å²) in [6.45, 7) is 3.79. The van der Waals surface area contributed by atoms with E-state index in [1.165, 1.54) is 80.4 Å². The first kappa shape index (κ1) is 47.7. The third-order valence-electron chi connectivity index (χ3n) is 14.5. The monoisotopic (exact) mass is 897 g/mol. The molecule has 4 fully saturated rings. The van der Waals surface area contributed by atoms with Crippen molar-refractivity contribution in [2.24, 2.45) is 11.8 Å². The number of nitrogens with one attached hydrogen (secondary N) is 3. The quantitative estimate of drug-likeness (QED) is 0.0990. The molecule has 352 valence electrons. The Morgan fingerprint density at radius 3 is 2.12 bits per heavy atom. The minimum Gasteiger partial charge on any atom is -0.453 e. The summed E-state index contributed by atoms with van der Waals surface area (Å²) in [6.07, 6.45) is 16.1. The van der Waals surface area contributed by atoms with Crippen LogP contribution in [0.25, 0.3) is 17.0 Å². The summed E-state index contributed by atoms with van der Waals surface area (Å²) in [7, 11) is 9.82. The molecule has 3 aliphatic carbocycles. The van der Waals surface area contributed by atoms with Gasteiger partial charge in [-0.1, -0.05) is 44.0 Å². The maximum Gasteiger partial charge on any atom is 0.431 e. The van der Waals surface area contributed by atoms with Crippen LogP contribution in [0.4, 0.5) is 9.59 Å². The molecule has 3 aliphatic heterocycles. The van der Waals surface area contributed by atoms with Crippen LogP contribution in [0, 0.1) is 11.8 Å². The van der Waals surface area contributed by atoms with Gasteiger partial charge in [-0.05, 0) is 124 Å². The number of unbranched alkanes of at least 4 members (excludes halogenated alkanes) is 1. The summed E-state index contributed by atoms with van der Waals surface area (Å²) in [5, 5.41) is 7.14. The Labute approximate surface area is 383 Å². The van der Waals surface area contributed by atoms with E-state index in [1.807, 2.05) is 30.4 Å². The molecule has 16 nitrogen and oxygen atoms in total. The van der Waals surface area contributed by atoms with Gasteiger partial charge in [0, 0.05) is 44.4 Å². The van der Waals surface area contributed by atoms with Crippen molar-refractivity contribution in [3.05, 3.63) is 82.4 Å². The number of alkyl carbamates (subject to hydrolysis) is 1. The van der Waals surface area contributed by atoms with E-state index in [2.05, 4.69) is 91.5 Å². The third kappa shape index (κ3) is 10.4. The Morgan fingerprint density at radius 1 is 0.892 bits per heavy atom. The number of likely N-dealkylation sites (tertiary alicyclic amines) is 2. The summed E-state index contributed by atoms with van der Waals surface area (Å²) in [4.78, 5) is 63.2. The minimum atomic E-state index is -0.834. The third-order valence-corrected chi connectivity index (χ3v) is 14.5. The number of hydrazine groups is 1. The van der Waals surface area contributed by atoms with E-state index in [-0.39, 0.29) is 18.1 Å². The van der Waals surface area contributed by atoms with Gasteiger partial charge in [0.15, 0.2) is 0 Å². The fourth-order valence-corrected chi connectivity index (χ4v) is 10.8. The first-order chi connectivity index (χ1) is 31.4. The molecule has 9 rings (SSSR count). The summed E-state index contributed by atoms with van der Waals surface area (Å²) in [5.41, 5.74) is 12.1. The summed E-state index contributed by atoms with van der Waals surface area (Å²) in [6, 6.07) is 14.2. The van der Waals surface area contributed by atoms with Gasteiger partial charge < -0.3 is 34.2 Å². The van der Waals surface area contributed by atoms with Crippen molar-refractivity contribution in [1.29, 1.82) is 0 Å². The van der Waals surface area contributed by atoms with E-state index in [0.717, 1.165) is 74.4 Å². The molecule has 0 bridgehead atoms. The number of carbonyl (C=O) groups excluding carboxylic acids is 4. The highest BCUT2D eigenvalue weighted by molar-refractivity contribution is 5.87. The van der Waals surface area contributed by atoms with E-state index >= 15 is 0 Å². The second-order valence-corrected chi connectivity index (χ2v) is 18.1. The number of amides is 3. The van der Waals surface area contributed by atoms with E-state index < -0.39 is 24.3 Å². The van der Waals surface area contributed by atoms with Gasteiger partial charge in [0.25, 0.3) is 0 Å². The van der Waals surface area contributed by atoms with Crippen molar-refractivity contribution in [1.82, 2.24) is 40.6 Å². The molecular weight excluding hydrogens is 829 g/mol. The number of nitrogens with zero attached hydrogens (tertiary/aromatic N) is 5. The molecular formula is C49H68N8O8. The fourth-order valence-electron chi connectivity index (χ4n) is 10.8. The van der Waals surface area contributed by atoms with Crippen LogP contribution in [0.5, 0.6) is 0 Å². The largest absolute Gasteiger partial charge is 0.453 e. The van der Waals surface area contributed by atoms with Gasteiger partial charge >= 0.3 is 12.2 Å². The minimum absolute atomic E-state index is 0.119. The maximum atomic E-state index is 14.2. The molecule has 4 heterocycles. The van der Waals surface area contributed by atoms with E-state index in [1.54, 1.807) is 7.11 Å². The number of carbonyl (C=O) groups is 4. The topological polar surface area (TPSA) is 171 Å². The molecule has 7 unspecified atom stereocenters. The smallest absolute Gasteiger partial charge is 0.431 e. The van der Waals surface area contributed by atoms with Crippen LogP contribution in [-0.4, -0.2) is 127 Å². The van der Waals surface area contributed by atoms with Gasteiger partial charge in [0.2, 0.25) is 5.91 Å². The first-order valence-corrected chi connectivity index (χ1v) is 23.2. The Balaban J connectivity index is 0.000000466. The molecule has 1 aromatic heterocycles. The van der Waals surface area contributed by atoms with Crippen LogP contribution in [0.15, 0.2) is 48.8 Å². The second kappa shape index (κ2) is 21.3. The summed E-state index contributed by atoms with van der Waals surface area (Å²) >= 11 is 0. The second-order valence-electron chi connectivity index (χ2n) is 18.1. The number of hydrogen-bond acceptors (Lipinski definition) is 12. The van der Waals surface area contributed by atoms with Gasteiger partial charge in [-0.15, -0.1) is 0 Å². The Bertz CT molecular complexity index is 2200. The van der Waals surface area contributed by atoms with Gasteiger partial charge in [0.1, 0.15) is 24.3 Å². The van der Waals surface area contributed by atoms with Crippen LogP contribution < -0.4 is 10.8 Å². The predicted octanol–water partition coefficient (Wildman–Crippen LogP) is 6.95. The number of hydroxylamine groups is 1. The number of methoxy groups -OCH3 is 3. The van der Waals surface area contributed by atoms with Crippen LogP contribution >= 0.6 is 0 Å². The van der Waals surface area contributed by atoms with Crippen LogP contribution in [0.3, 0.4) is 0 Å². The van der Waals surface area contributed by atoms with E-state index in [0.29, 0.717) is 24.4 Å². The Morgan fingerprint density at radius 2 is 1.54 bits per heavy atom. The lowest BCUT2D eigenvalue weighted by Crippen LogP contribution is -2.59. The van der Waals surface area contributed by atoms with E-state index in [9.17, 15) is 19.2 Å². The van der Waals surface area contributed by atoms with Crippen LogP contribution in [0.1, 0.15) is 118 Å². The molecule has 0 radical (unpaired) electrons.